The van der Waals surface area contributed by atoms with Gasteiger partial charge in [-0.15, -0.1) is 0 Å². The molecule has 2 rings (SSSR count). The number of rotatable bonds is 2. The Labute approximate surface area is 98.5 Å². The minimum atomic E-state index is -1.00. The summed E-state index contributed by atoms with van der Waals surface area (Å²) in [5.74, 6) is 0.721. The Hall–Kier alpha value is -2.29. The molecule has 1 fully saturated rings. The van der Waals surface area contributed by atoms with Gasteiger partial charge in [0.1, 0.15) is 5.82 Å². The Morgan fingerprint density at radius 3 is 3.24 bits per heavy atom. The van der Waals surface area contributed by atoms with E-state index >= 15 is 0 Å². The topological polar surface area (TPSA) is 89.3 Å². The van der Waals surface area contributed by atoms with Crippen molar-refractivity contribution in [2.24, 2.45) is 0 Å². The van der Waals surface area contributed by atoms with Crippen molar-refractivity contribution in [2.45, 2.75) is 12.5 Å². The lowest BCUT2D eigenvalue weighted by atomic mass is 10.3. The van der Waals surface area contributed by atoms with Crippen LogP contribution in [0.5, 0.6) is 0 Å². The lowest BCUT2D eigenvalue weighted by Crippen LogP contribution is -2.36. The van der Waals surface area contributed by atoms with Gasteiger partial charge in [-0.25, -0.2) is 9.78 Å². The highest BCUT2D eigenvalue weighted by Crippen LogP contribution is 2.18. The molecule has 0 aromatic carbocycles. The molecule has 0 bridgehead atoms. The molecule has 2 heterocycles. The van der Waals surface area contributed by atoms with Gasteiger partial charge in [0.15, 0.2) is 0 Å². The number of carbonyl (C=O) groups is 1. The predicted molar refractivity (Wildman–Crippen MR) is 60.7 cm³/mol. The van der Waals surface area contributed by atoms with Crippen LogP contribution in [-0.2, 0) is 0 Å². The number of hydrogen-bond donors (Lipinski definition) is 2. The number of nitrogens with zero attached hydrogens (tertiary/aromatic N) is 3. The molecule has 6 heteroatoms. The van der Waals surface area contributed by atoms with Crippen molar-refractivity contribution in [1.82, 2.24) is 10.3 Å². The summed E-state index contributed by atoms with van der Waals surface area (Å²) >= 11 is 0. The molecule has 1 amide bonds. The normalized spacial score (nSPS) is 18.8. The first kappa shape index (κ1) is 11.2. The van der Waals surface area contributed by atoms with Gasteiger partial charge in [0.25, 0.3) is 0 Å². The van der Waals surface area contributed by atoms with Crippen molar-refractivity contribution < 1.29 is 9.90 Å². The van der Waals surface area contributed by atoms with Crippen molar-refractivity contribution in [3.05, 3.63) is 23.9 Å². The van der Waals surface area contributed by atoms with Crippen LogP contribution >= 0.6 is 0 Å². The number of nitriles is 1. The van der Waals surface area contributed by atoms with Crippen molar-refractivity contribution in [1.29, 1.82) is 5.26 Å². The quantitative estimate of drug-likeness (QED) is 0.787. The van der Waals surface area contributed by atoms with Gasteiger partial charge in [-0.05, 0) is 18.6 Å². The molecule has 0 aliphatic carbocycles. The summed E-state index contributed by atoms with van der Waals surface area (Å²) in [4.78, 5) is 16.7. The summed E-state index contributed by atoms with van der Waals surface area (Å²) in [5, 5.41) is 19.9. The third kappa shape index (κ3) is 2.64. The van der Waals surface area contributed by atoms with Crippen molar-refractivity contribution in [3.63, 3.8) is 0 Å². The average molecular weight is 232 g/mol. The summed E-state index contributed by atoms with van der Waals surface area (Å²) < 4.78 is 0. The molecule has 2 N–H and O–H groups in total. The van der Waals surface area contributed by atoms with Crippen LogP contribution in [0, 0.1) is 11.3 Å². The van der Waals surface area contributed by atoms with Crippen LogP contribution in [0.1, 0.15) is 12.0 Å². The SMILES string of the molecule is N#Cc1ccnc(N2CCC(NC(=O)O)C2)c1. The Kier molecular flexibility index (Phi) is 3.10. The van der Waals surface area contributed by atoms with Gasteiger partial charge in [0, 0.05) is 19.3 Å². The third-order valence-electron chi connectivity index (χ3n) is 2.71. The number of anilines is 1. The Balaban J connectivity index is 2.05. The van der Waals surface area contributed by atoms with E-state index in [0.717, 1.165) is 18.8 Å². The van der Waals surface area contributed by atoms with Crippen molar-refractivity contribution in [2.75, 3.05) is 18.0 Å². The zero-order chi connectivity index (χ0) is 12.3. The van der Waals surface area contributed by atoms with Gasteiger partial charge in [-0.3, -0.25) is 0 Å². The standard InChI is InChI=1S/C11H12N4O2/c12-6-8-1-3-13-10(5-8)15-4-2-9(7-15)14-11(16)17/h1,3,5,9,14H,2,4,7H2,(H,16,17). The van der Waals surface area contributed by atoms with Crippen molar-refractivity contribution >= 4 is 11.9 Å². The van der Waals surface area contributed by atoms with E-state index in [1.54, 1.807) is 18.3 Å². The average Bonchev–Trinajstić information content (AvgIpc) is 2.77. The molecule has 0 radical (unpaired) electrons. The van der Waals surface area contributed by atoms with Crippen LogP contribution in [0.3, 0.4) is 0 Å². The lowest BCUT2D eigenvalue weighted by Gasteiger charge is -2.17. The number of carboxylic acid groups (broad SMARTS) is 1. The molecule has 6 nitrogen and oxygen atoms in total. The molecule has 0 saturated carbocycles. The fraction of sp³-hybridized carbons (Fsp3) is 0.364. The fourth-order valence-corrected chi connectivity index (χ4v) is 1.92. The van der Waals surface area contributed by atoms with Gasteiger partial charge >= 0.3 is 6.09 Å². The van der Waals surface area contributed by atoms with Gasteiger partial charge in [0.05, 0.1) is 17.7 Å². The molecule has 1 saturated heterocycles. The van der Waals surface area contributed by atoms with Gasteiger partial charge in [-0.2, -0.15) is 5.26 Å². The smallest absolute Gasteiger partial charge is 0.404 e. The predicted octanol–water partition coefficient (Wildman–Crippen LogP) is 0.800. The van der Waals surface area contributed by atoms with E-state index in [1.807, 2.05) is 4.90 Å². The van der Waals surface area contributed by atoms with E-state index in [-0.39, 0.29) is 6.04 Å². The highest BCUT2D eigenvalue weighted by atomic mass is 16.4. The van der Waals surface area contributed by atoms with Crippen LogP contribution in [0.2, 0.25) is 0 Å². The van der Waals surface area contributed by atoms with Gasteiger partial charge in [0.2, 0.25) is 0 Å². The van der Waals surface area contributed by atoms with Crippen LogP contribution in [0.15, 0.2) is 18.3 Å². The number of hydrogen-bond acceptors (Lipinski definition) is 4. The lowest BCUT2D eigenvalue weighted by molar-refractivity contribution is 0.191. The Bertz CT molecular complexity index is 469. The van der Waals surface area contributed by atoms with Crippen LogP contribution < -0.4 is 10.2 Å². The molecule has 1 aromatic heterocycles. The third-order valence-corrected chi connectivity index (χ3v) is 2.71. The maximum atomic E-state index is 10.5. The van der Waals surface area contributed by atoms with E-state index in [1.165, 1.54) is 0 Å². The molecular weight excluding hydrogens is 220 g/mol. The molecule has 1 atom stereocenters. The second kappa shape index (κ2) is 4.70. The summed E-state index contributed by atoms with van der Waals surface area (Å²) in [6, 6.07) is 5.35. The molecule has 1 aliphatic heterocycles. The second-order valence-electron chi connectivity index (χ2n) is 3.90. The largest absolute Gasteiger partial charge is 0.465 e. The Morgan fingerprint density at radius 1 is 1.71 bits per heavy atom. The maximum Gasteiger partial charge on any atom is 0.404 e. The first-order valence-electron chi connectivity index (χ1n) is 5.29. The van der Waals surface area contributed by atoms with Crippen LogP contribution in [0.4, 0.5) is 10.6 Å². The summed E-state index contributed by atoms with van der Waals surface area (Å²) in [7, 11) is 0. The molecule has 1 aromatic rings. The minimum absolute atomic E-state index is 0.0694. The van der Waals surface area contributed by atoms with Crippen LogP contribution in [0.25, 0.3) is 0 Å². The second-order valence-corrected chi connectivity index (χ2v) is 3.90. The Morgan fingerprint density at radius 2 is 2.53 bits per heavy atom. The summed E-state index contributed by atoms with van der Waals surface area (Å²) in [6.45, 7) is 1.33. The van der Waals surface area contributed by atoms with Gasteiger partial charge in [-0.1, -0.05) is 0 Å². The highest BCUT2D eigenvalue weighted by Gasteiger charge is 2.24. The van der Waals surface area contributed by atoms with Crippen molar-refractivity contribution in [3.8, 4) is 6.07 Å². The van der Waals surface area contributed by atoms with E-state index < -0.39 is 6.09 Å². The minimum Gasteiger partial charge on any atom is -0.465 e. The van der Waals surface area contributed by atoms with E-state index in [0.29, 0.717) is 12.1 Å². The highest BCUT2D eigenvalue weighted by molar-refractivity contribution is 5.65. The first-order valence-corrected chi connectivity index (χ1v) is 5.29. The number of pyridine rings is 1. The van der Waals surface area contributed by atoms with Gasteiger partial charge < -0.3 is 15.3 Å². The zero-order valence-corrected chi connectivity index (χ0v) is 9.13. The van der Waals surface area contributed by atoms with E-state index in [2.05, 4.69) is 16.4 Å². The summed E-state index contributed by atoms with van der Waals surface area (Å²) in [5.41, 5.74) is 0.560. The van der Waals surface area contributed by atoms with Crippen LogP contribution in [-0.4, -0.2) is 35.3 Å². The van der Waals surface area contributed by atoms with E-state index in [9.17, 15) is 4.79 Å². The molecule has 1 unspecified atom stereocenters. The number of amides is 1. The number of nitrogens with one attached hydrogen (secondary N) is 1. The van der Waals surface area contributed by atoms with E-state index in [4.69, 9.17) is 10.4 Å². The maximum absolute atomic E-state index is 10.5. The molecule has 17 heavy (non-hydrogen) atoms. The first-order chi connectivity index (χ1) is 8.19. The summed E-state index contributed by atoms with van der Waals surface area (Å²) in [6.07, 6.45) is 1.34. The monoisotopic (exact) mass is 232 g/mol. The molecule has 88 valence electrons. The number of aromatic nitrogens is 1. The zero-order valence-electron chi connectivity index (χ0n) is 9.13. The fourth-order valence-electron chi connectivity index (χ4n) is 1.92. The molecule has 0 spiro atoms. The molecular formula is C11H12N4O2. The molecule has 1 aliphatic rings.